The molecule has 0 atom stereocenters. The summed E-state index contributed by atoms with van der Waals surface area (Å²) < 4.78 is 0. The Hall–Kier alpha value is -1.78. The lowest BCUT2D eigenvalue weighted by atomic mass is 10.1. The number of aromatic amines is 1. The lowest BCUT2D eigenvalue weighted by molar-refractivity contribution is 0.472. The summed E-state index contributed by atoms with van der Waals surface area (Å²) in [5.41, 5.74) is 3.01. The number of halogens is 2. The van der Waals surface area contributed by atoms with Gasteiger partial charge < -0.3 is 10.1 Å². The Morgan fingerprint density at radius 1 is 1.26 bits per heavy atom. The third-order valence-corrected chi connectivity index (χ3v) is 3.43. The van der Waals surface area contributed by atoms with Crippen molar-refractivity contribution in [2.45, 2.75) is 6.92 Å². The highest BCUT2D eigenvalue weighted by Gasteiger charge is 2.13. The standard InChI is InChI=1S/C13H9Cl2N3O/c1-6-2-10-7(3-11(6)19)8(4-16-10)12-9(14)5-17-13(15)18-12/h2-5,16,19H,1H3. The van der Waals surface area contributed by atoms with Gasteiger partial charge in [-0.15, -0.1) is 0 Å². The quantitative estimate of drug-likeness (QED) is 0.668. The van der Waals surface area contributed by atoms with Crippen molar-refractivity contribution in [2.24, 2.45) is 0 Å². The minimum atomic E-state index is 0.130. The molecule has 0 amide bonds. The second-order valence-corrected chi connectivity index (χ2v) is 4.97. The number of phenolic OH excluding ortho intramolecular Hbond substituents is 1. The number of rotatable bonds is 1. The number of nitrogens with one attached hydrogen (secondary N) is 1. The largest absolute Gasteiger partial charge is 0.508 e. The maximum absolute atomic E-state index is 9.83. The summed E-state index contributed by atoms with van der Waals surface area (Å²) >= 11 is 11.9. The second-order valence-electron chi connectivity index (χ2n) is 4.22. The van der Waals surface area contributed by atoms with Crippen LogP contribution in [-0.4, -0.2) is 20.1 Å². The molecule has 3 aromatic rings. The molecule has 6 heteroatoms. The molecule has 0 aliphatic heterocycles. The molecule has 0 saturated heterocycles. The summed E-state index contributed by atoms with van der Waals surface area (Å²) in [6.07, 6.45) is 3.24. The molecular formula is C13H9Cl2N3O. The first-order valence-corrected chi connectivity index (χ1v) is 6.31. The van der Waals surface area contributed by atoms with Gasteiger partial charge in [-0.1, -0.05) is 11.6 Å². The van der Waals surface area contributed by atoms with E-state index in [0.29, 0.717) is 10.7 Å². The van der Waals surface area contributed by atoms with Crippen molar-refractivity contribution < 1.29 is 5.11 Å². The van der Waals surface area contributed by atoms with Crippen LogP contribution in [0.4, 0.5) is 0 Å². The van der Waals surface area contributed by atoms with Crippen LogP contribution in [0.5, 0.6) is 5.75 Å². The first-order valence-electron chi connectivity index (χ1n) is 5.55. The molecule has 0 spiro atoms. The van der Waals surface area contributed by atoms with Crippen molar-refractivity contribution >= 4 is 34.1 Å². The minimum Gasteiger partial charge on any atom is -0.508 e. The molecule has 0 unspecified atom stereocenters. The van der Waals surface area contributed by atoms with E-state index in [1.54, 1.807) is 12.3 Å². The van der Waals surface area contributed by atoms with Gasteiger partial charge in [0, 0.05) is 22.7 Å². The van der Waals surface area contributed by atoms with Gasteiger partial charge >= 0.3 is 0 Å². The van der Waals surface area contributed by atoms with E-state index in [2.05, 4.69) is 15.0 Å². The zero-order valence-electron chi connectivity index (χ0n) is 9.91. The van der Waals surface area contributed by atoms with E-state index >= 15 is 0 Å². The molecule has 0 saturated carbocycles. The molecule has 1 aromatic carbocycles. The van der Waals surface area contributed by atoms with E-state index in [0.717, 1.165) is 22.0 Å². The monoisotopic (exact) mass is 293 g/mol. The Morgan fingerprint density at radius 3 is 2.84 bits per heavy atom. The highest BCUT2D eigenvalue weighted by molar-refractivity contribution is 6.34. The number of H-pyrrole nitrogens is 1. The van der Waals surface area contributed by atoms with Crippen molar-refractivity contribution in [3.05, 3.63) is 40.4 Å². The maximum Gasteiger partial charge on any atom is 0.222 e. The van der Waals surface area contributed by atoms with Crippen LogP contribution in [0.1, 0.15) is 5.56 Å². The average Bonchev–Trinajstić information content (AvgIpc) is 2.76. The predicted octanol–water partition coefficient (Wildman–Crippen LogP) is 3.95. The van der Waals surface area contributed by atoms with E-state index in [-0.39, 0.29) is 11.0 Å². The lowest BCUT2D eigenvalue weighted by Gasteiger charge is -2.03. The fourth-order valence-corrected chi connectivity index (χ4v) is 2.32. The molecular weight excluding hydrogens is 285 g/mol. The van der Waals surface area contributed by atoms with E-state index < -0.39 is 0 Å². The van der Waals surface area contributed by atoms with Crippen molar-refractivity contribution in [3.8, 4) is 17.0 Å². The molecule has 2 aromatic heterocycles. The van der Waals surface area contributed by atoms with E-state index in [1.165, 1.54) is 6.20 Å². The minimum absolute atomic E-state index is 0.130. The average molecular weight is 294 g/mol. The van der Waals surface area contributed by atoms with Crippen LogP contribution in [-0.2, 0) is 0 Å². The van der Waals surface area contributed by atoms with Gasteiger partial charge in [-0.3, -0.25) is 0 Å². The molecule has 0 aliphatic rings. The van der Waals surface area contributed by atoms with E-state index in [4.69, 9.17) is 23.2 Å². The second kappa shape index (κ2) is 4.40. The Kier molecular flexibility index (Phi) is 2.84. The zero-order valence-corrected chi connectivity index (χ0v) is 11.4. The zero-order chi connectivity index (χ0) is 13.6. The number of aryl methyl sites for hydroxylation is 1. The van der Waals surface area contributed by atoms with E-state index in [1.807, 2.05) is 13.0 Å². The fraction of sp³-hybridized carbons (Fsp3) is 0.0769. The predicted molar refractivity (Wildman–Crippen MR) is 75.7 cm³/mol. The van der Waals surface area contributed by atoms with Gasteiger partial charge in [0.2, 0.25) is 5.28 Å². The van der Waals surface area contributed by atoms with Gasteiger partial charge in [-0.2, -0.15) is 0 Å². The van der Waals surface area contributed by atoms with Crippen LogP contribution >= 0.6 is 23.2 Å². The molecule has 19 heavy (non-hydrogen) atoms. The third-order valence-electron chi connectivity index (χ3n) is 2.97. The summed E-state index contributed by atoms with van der Waals surface area (Å²) in [7, 11) is 0. The topological polar surface area (TPSA) is 61.8 Å². The molecule has 0 radical (unpaired) electrons. The summed E-state index contributed by atoms with van der Waals surface area (Å²) in [6.45, 7) is 1.84. The summed E-state index contributed by atoms with van der Waals surface area (Å²) in [6, 6.07) is 3.55. The number of phenols is 1. The molecule has 2 heterocycles. The molecule has 96 valence electrons. The summed E-state index contributed by atoms with van der Waals surface area (Å²) in [5, 5.41) is 11.2. The number of nitrogens with zero attached hydrogens (tertiary/aromatic N) is 2. The molecule has 4 nitrogen and oxygen atoms in total. The van der Waals surface area contributed by atoms with Gasteiger partial charge in [0.05, 0.1) is 16.9 Å². The Bertz CT molecular complexity index is 783. The van der Waals surface area contributed by atoms with Crippen LogP contribution in [0, 0.1) is 6.92 Å². The Morgan fingerprint density at radius 2 is 2.05 bits per heavy atom. The number of benzene rings is 1. The van der Waals surface area contributed by atoms with Crippen molar-refractivity contribution in [2.75, 3.05) is 0 Å². The van der Waals surface area contributed by atoms with Crippen molar-refractivity contribution in [3.63, 3.8) is 0 Å². The van der Waals surface area contributed by atoms with Gasteiger partial charge in [-0.05, 0) is 36.2 Å². The lowest BCUT2D eigenvalue weighted by Crippen LogP contribution is -1.88. The normalized spacial score (nSPS) is 11.1. The fourth-order valence-electron chi connectivity index (χ4n) is 2.00. The van der Waals surface area contributed by atoms with E-state index in [9.17, 15) is 5.11 Å². The van der Waals surface area contributed by atoms with Gasteiger partial charge in [-0.25, -0.2) is 9.97 Å². The van der Waals surface area contributed by atoms with Crippen LogP contribution in [0.15, 0.2) is 24.5 Å². The Balaban J connectivity index is 2.31. The number of hydrogen-bond donors (Lipinski definition) is 2. The highest BCUT2D eigenvalue weighted by Crippen LogP contribution is 2.35. The number of hydrogen-bond acceptors (Lipinski definition) is 3. The van der Waals surface area contributed by atoms with Gasteiger partial charge in [0.1, 0.15) is 5.75 Å². The Labute approximate surface area is 119 Å². The van der Waals surface area contributed by atoms with Crippen LogP contribution in [0.25, 0.3) is 22.2 Å². The van der Waals surface area contributed by atoms with Crippen LogP contribution in [0.2, 0.25) is 10.3 Å². The molecule has 0 bridgehead atoms. The maximum atomic E-state index is 9.83. The van der Waals surface area contributed by atoms with Gasteiger partial charge in [0.25, 0.3) is 0 Å². The van der Waals surface area contributed by atoms with Crippen LogP contribution < -0.4 is 0 Å². The first-order chi connectivity index (χ1) is 9.06. The number of fused-ring (bicyclic) bond motifs is 1. The highest BCUT2D eigenvalue weighted by atomic mass is 35.5. The summed E-state index contributed by atoms with van der Waals surface area (Å²) in [5.74, 6) is 0.227. The summed E-state index contributed by atoms with van der Waals surface area (Å²) in [4.78, 5) is 11.1. The molecule has 0 aliphatic carbocycles. The third kappa shape index (κ3) is 2.03. The smallest absolute Gasteiger partial charge is 0.222 e. The molecule has 3 rings (SSSR count). The SMILES string of the molecule is Cc1cc2[nH]cc(-c3nc(Cl)ncc3Cl)c2cc1O. The molecule has 2 N–H and O–H groups in total. The number of aromatic nitrogens is 3. The van der Waals surface area contributed by atoms with Crippen molar-refractivity contribution in [1.82, 2.24) is 15.0 Å². The first kappa shape index (κ1) is 12.3. The molecule has 0 fully saturated rings. The van der Waals surface area contributed by atoms with Crippen molar-refractivity contribution in [1.29, 1.82) is 0 Å². The van der Waals surface area contributed by atoms with Crippen LogP contribution in [0.3, 0.4) is 0 Å². The van der Waals surface area contributed by atoms with Gasteiger partial charge in [0.15, 0.2) is 0 Å². The number of aromatic hydroxyl groups is 1.